The predicted molar refractivity (Wildman–Crippen MR) is 75.1 cm³/mol. The highest BCUT2D eigenvalue weighted by atomic mass is 16.5. The lowest BCUT2D eigenvalue weighted by Crippen LogP contribution is -2.13. The van der Waals surface area contributed by atoms with E-state index in [1.54, 1.807) is 31.9 Å². The molecule has 1 N–H and O–H groups in total. The van der Waals surface area contributed by atoms with Crippen molar-refractivity contribution in [3.05, 3.63) is 29.3 Å². The van der Waals surface area contributed by atoms with Gasteiger partial charge in [0.15, 0.2) is 5.69 Å². The van der Waals surface area contributed by atoms with Gasteiger partial charge < -0.3 is 10.1 Å². The minimum absolute atomic E-state index is 0.142. The van der Waals surface area contributed by atoms with Crippen LogP contribution in [0.3, 0.4) is 0 Å². The van der Waals surface area contributed by atoms with Gasteiger partial charge in [0.25, 0.3) is 5.91 Å². The van der Waals surface area contributed by atoms with E-state index in [0.29, 0.717) is 5.69 Å². The van der Waals surface area contributed by atoms with Crippen LogP contribution in [0.1, 0.15) is 33.6 Å². The second-order valence-electron chi connectivity index (χ2n) is 4.48. The van der Waals surface area contributed by atoms with Gasteiger partial charge in [0.1, 0.15) is 5.69 Å². The Balaban J connectivity index is 2.19. The van der Waals surface area contributed by atoms with Crippen molar-refractivity contribution in [3.63, 3.8) is 0 Å². The summed E-state index contributed by atoms with van der Waals surface area (Å²) in [5, 5.41) is 10.8. The third kappa shape index (κ3) is 2.93. The summed E-state index contributed by atoms with van der Waals surface area (Å²) in [6.45, 7) is 3.82. The molecule has 0 bridgehead atoms. The zero-order chi connectivity index (χ0) is 15.6. The first-order valence-corrected chi connectivity index (χ1v) is 6.45. The third-order valence-electron chi connectivity index (χ3n) is 3.08. The van der Waals surface area contributed by atoms with E-state index in [1.807, 2.05) is 6.92 Å². The van der Waals surface area contributed by atoms with Gasteiger partial charge in [-0.3, -0.25) is 14.2 Å². The molecular formula is C13H17N5O3. The summed E-state index contributed by atoms with van der Waals surface area (Å²) in [5.41, 5.74) is 1.80. The third-order valence-corrected chi connectivity index (χ3v) is 3.08. The summed E-state index contributed by atoms with van der Waals surface area (Å²) in [6.07, 6.45) is 1.56. The molecule has 21 heavy (non-hydrogen) atoms. The molecule has 8 nitrogen and oxygen atoms in total. The van der Waals surface area contributed by atoms with Gasteiger partial charge >= 0.3 is 5.97 Å². The fourth-order valence-electron chi connectivity index (χ4n) is 1.78. The molecule has 0 unspecified atom stereocenters. The van der Waals surface area contributed by atoms with E-state index >= 15 is 0 Å². The molecule has 0 aromatic carbocycles. The van der Waals surface area contributed by atoms with Crippen molar-refractivity contribution in [1.29, 1.82) is 0 Å². The first-order valence-electron chi connectivity index (χ1n) is 6.45. The lowest BCUT2D eigenvalue weighted by molar-refractivity contribution is 0.0513. The second kappa shape index (κ2) is 5.78. The Kier molecular flexibility index (Phi) is 4.06. The van der Waals surface area contributed by atoms with Gasteiger partial charge in [0.05, 0.1) is 24.2 Å². The Bertz CT molecular complexity index is 686. The molecule has 2 aromatic heterocycles. The van der Waals surface area contributed by atoms with Crippen molar-refractivity contribution in [2.75, 3.05) is 11.9 Å². The van der Waals surface area contributed by atoms with Gasteiger partial charge in [-0.25, -0.2) is 4.79 Å². The molecule has 2 aromatic rings. The van der Waals surface area contributed by atoms with E-state index in [2.05, 4.69) is 15.5 Å². The molecule has 0 aliphatic carbocycles. The predicted octanol–water partition coefficient (Wildman–Crippen LogP) is 0.891. The van der Waals surface area contributed by atoms with Crippen LogP contribution >= 0.6 is 0 Å². The summed E-state index contributed by atoms with van der Waals surface area (Å²) in [6, 6.07) is 1.40. The normalized spacial score (nSPS) is 10.5. The number of aryl methyl sites for hydroxylation is 2. The number of nitrogens with zero attached hydrogens (tertiary/aromatic N) is 4. The highest BCUT2D eigenvalue weighted by Crippen LogP contribution is 2.14. The van der Waals surface area contributed by atoms with Gasteiger partial charge in [-0.15, -0.1) is 0 Å². The van der Waals surface area contributed by atoms with Crippen LogP contribution in [-0.4, -0.2) is 38.0 Å². The van der Waals surface area contributed by atoms with Gasteiger partial charge in [-0.2, -0.15) is 10.2 Å². The maximum atomic E-state index is 12.1. The van der Waals surface area contributed by atoms with Crippen LogP contribution in [0.2, 0.25) is 0 Å². The lowest BCUT2D eigenvalue weighted by atomic mass is 10.3. The zero-order valence-electron chi connectivity index (χ0n) is 12.4. The smallest absolute Gasteiger partial charge is 0.356 e. The van der Waals surface area contributed by atoms with E-state index in [1.165, 1.54) is 10.7 Å². The van der Waals surface area contributed by atoms with Crippen molar-refractivity contribution >= 4 is 17.6 Å². The number of amides is 1. The van der Waals surface area contributed by atoms with Gasteiger partial charge in [0, 0.05) is 20.2 Å². The summed E-state index contributed by atoms with van der Waals surface area (Å²) < 4.78 is 7.87. The Hall–Kier alpha value is -2.64. The molecule has 0 aliphatic rings. The molecule has 0 saturated carbocycles. The Morgan fingerprint density at radius 1 is 1.33 bits per heavy atom. The quantitative estimate of drug-likeness (QED) is 0.845. The lowest BCUT2D eigenvalue weighted by Gasteiger charge is -2.01. The zero-order valence-corrected chi connectivity index (χ0v) is 12.4. The molecule has 0 fully saturated rings. The number of esters is 1. The van der Waals surface area contributed by atoms with Gasteiger partial charge in [-0.05, 0) is 13.8 Å². The van der Waals surface area contributed by atoms with E-state index in [-0.39, 0.29) is 18.0 Å². The van der Waals surface area contributed by atoms with Gasteiger partial charge in [0.2, 0.25) is 0 Å². The fourth-order valence-corrected chi connectivity index (χ4v) is 1.78. The Morgan fingerprint density at radius 2 is 2.05 bits per heavy atom. The summed E-state index contributed by atoms with van der Waals surface area (Å²) in [4.78, 5) is 23.8. The van der Waals surface area contributed by atoms with Crippen LogP contribution in [0.25, 0.3) is 0 Å². The van der Waals surface area contributed by atoms with Crippen LogP contribution < -0.4 is 5.32 Å². The summed E-state index contributed by atoms with van der Waals surface area (Å²) in [5.74, 6) is -0.915. The maximum absolute atomic E-state index is 12.1. The largest absolute Gasteiger partial charge is 0.461 e. The van der Waals surface area contributed by atoms with Crippen molar-refractivity contribution in [2.45, 2.75) is 13.8 Å². The van der Waals surface area contributed by atoms with Crippen LogP contribution in [-0.2, 0) is 18.8 Å². The number of nitrogens with one attached hydrogen (secondary N) is 1. The average Bonchev–Trinajstić information content (AvgIpc) is 2.97. The first-order chi connectivity index (χ1) is 9.93. The highest BCUT2D eigenvalue weighted by Gasteiger charge is 2.19. The highest BCUT2D eigenvalue weighted by molar-refractivity contribution is 6.04. The van der Waals surface area contributed by atoms with Gasteiger partial charge in [-0.1, -0.05) is 0 Å². The van der Waals surface area contributed by atoms with Crippen LogP contribution in [0, 0.1) is 6.92 Å². The van der Waals surface area contributed by atoms with Crippen LogP contribution in [0.5, 0.6) is 0 Å². The molecule has 112 valence electrons. The van der Waals surface area contributed by atoms with E-state index in [4.69, 9.17) is 4.74 Å². The number of anilines is 1. The molecule has 0 radical (unpaired) electrons. The minimum atomic E-state index is -0.510. The number of carbonyl (C=O) groups is 2. The maximum Gasteiger partial charge on any atom is 0.356 e. The number of hydrogen-bond acceptors (Lipinski definition) is 5. The van der Waals surface area contributed by atoms with Crippen molar-refractivity contribution in [1.82, 2.24) is 19.6 Å². The SMILES string of the molecule is CCOC(=O)c1cc(C(=O)Nc2cnn(C)c2C)nn1C. The first kappa shape index (κ1) is 14.8. The number of carbonyl (C=O) groups excluding carboxylic acids is 2. The molecule has 0 spiro atoms. The van der Waals surface area contributed by atoms with E-state index in [0.717, 1.165) is 5.69 Å². The van der Waals surface area contributed by atoms with Crippen molar-refractivity contribution < 1.29 is 14.3 Å². The molecular weight excluding hydrogens is 274 g/mol. The minimum Gasteiger partial charge on any atom is -0.461 e. The fraction of sp³-hybridized carbons (Fsp3) is 0.385. The average molecular weight is 291 g/mol. The van der Waals surface area contributed by atoms with E-state index in [9.17, 15) is 9.59 Å². The van der Waals surface area contributed by atoms with Crippen LogP contribution in [0.15, 0.2) is 12.3 Å². The molecule has 2 heterocycles. The summed E-state index contributed by atoms with van der Waals surface area (Å²) in [7, 11) is 3.36. The molecule has 2 rings (SSSR count). The standard InChI is InChI=1S/C13H17N5O3/c1-5-21-13(20)11-6-9(16-18(11)4)12(19)15-10-7-14-17(3)8(10)2/h6-7H,5H2,1-4H3,(H,15,19). The molecule has 8 heteroatoms. The monoisotopic (exact) mass is 291 g/mol. The topological polar surface area (TPSA) is 91.0 Å². The number of hydrogen-bond donors (Lipinski definition) is 1. The second-order valence-corrected chi connectivity index (χ2v) is 4.48. The number of ether oxygens (including phenoxy) is 1. The van der Waals surface area contributed by atoms with E-state index < -0.39 is 11.9 Å². The Labute approximate surface area is 121 Å². The van der Waals surface area contributed by atoms with Crippen molar-refractivity contribution in [3.8, 4) is 0 Å². The Morgan fingerprint density at radius 3 is 2.62 bits per heavy atom. The molecule has 0 aliphatic heterocycles. The molecule has 0 atom stereocenters. The molecule has 0 saturated heterocycles. The number of rotatable bonds is 4. The van der Waals surface area contributed by atoms with Crippen LogP contribution in [0.4, 0.5) is 5.69 Å². The number of aromatic nitrogens is 4. The molecule has 1 amide bonds. The van der Waals surface area contributed by atoms with Crippen molar-refractivity contribution in [2.24, 2.45) is 14.1 Å². The summed E-state index contributed by atoms with van der Waals surface area (Å²) >= 11 is 0.